The van der Waals surface area contributed by atoms with Crippen LogP contribution < -0.4 is 5.32 Å². The predicted octanol–water partition coefficient (Wildman–Crippen LogP) is 3.47. The molecular weight excluding hydrogens is 330 g/mol. The quantitative estimate of drug-likeness (QED) is 0.737. The highest BCUT2D eigenvalue weighted by Crippen LogP contribution is 2.09. The summed E-state index contributed by atoms with van der Waals surface area (Å²) in [7, 11) is 0. The maximum atomic E-state index is 12.2. The summed E-state index contributed by atoms with van der Waals surface area (Å²) < 4.78 is 10.8. The number of carbonyl (C=O) groups is 2. The summed E-state index contributed by atoms with van der Waals surface area (Å²) in [6.45, 7) is 6.38. The minimum Gasteiger partial charge on any atom is -0.449 e. The van der Waals surface area contributed by atoms with E-state index in [-0.39, 0.29) is 12.0 Å². The van der Waals surface area contributed by atoms with Crippen LogP contribution in [0, 0.1) is 0 Å². The highest BCUT2D eigenvalue weighted by atomic mass is 16.5. The molecule has 1 N–H and O–H groups in total. The van der Waals surface area contributed by atoms with Crippen molar-refractivity contribution < 1.29 is 19.1 Å². The summed E-state index contributed by atoms with van der Waals surface area (Å²) in [5.41, 5.74) is 2.36. The molecular formula is C21H25NO4. The Morgan fingerprint density at radius 2 is 1.58 bits per heavy atom. The molecule has 0 saturated heterocycles. The molecule has 1 amide bonds. The summed E-state index contributed by atoms with van der Waals surface area (Å²) >= 11 is 0. The molecule has 0 spiro atoms. The van der Waals surface area contributed by atoms with E-state index < -0.39 is 12.1 Å². The molecule has 138 valence electrons. The third-order valence-electron chi connectivity index (χ3n) is 3.74. The zero-order valence-electron chi connectivity index (χ0n) is 15.4. The zero-order chi connectivity index (χ0) is 18.9. The van der Waals surface area contributed by atoms with Crippen LogP contribution in [0.2, 0.25) is 0 Å². The fourth-order valence-electron chi connectivity index (χ4n) is 2.21. The van der Waals surface area contributed by atoms with Gasteiger partial charge in [0.2, 0.25) is 0 Å². The predicted molar refractivity (Wildman–Crippen MR) is 99.5 cm³/mol. The lowest BCUT2D eigenvalue weighted by atomic mass is 10.1. The Hall–Kier alpha value is -2.66. The third kappa shape index (κ3) is 6.33. The van der Waals surface area contributed by atoms with Crippen molar-refractivity contribution in [1.29, 1.82) is 0 Å². The Labute approximate surface area is 154 Å². The van der Waals surface area contributed by atoms with Gasteiger partial charge < -0.3 is 14.8 Å². The van der Waals surface area contributed by atoms with Crippen molar-refractivity contribution in [2.24, 2.45) is 0 Å². The summed E-state index contributed by atoms with van der Waals surface area (Å²) in [5.74, 6) is -0.854. The van der Waals surface area contributed by atoms with Gasteiger partial charge in [0, 0.05) is 6.54 Å². The maximum absolute atomic E-state index is 12.2. The monoisotopic (exact) mass is 355 g/mol. The number of benzene rings is 2. The van der Waals surface area contributed by atoms with E-state index in [4.69, 9.17) is 9.47 Å². The van der Waals surface area contributed by atoms with Crippen LogP contribution in [-0.2, 0) is 27.4 Å². The van der Waals surface area contributed by atoms with Crippen molar-refractivity contribution in [2.75, 3.05) is 0 Å². The lowest BCUT2D eigenvalue weighted by molar-refractivity contribution is -0.129. The molecule has 0 unspecified atom stereocenters. The number of carbonyl (C=O) groups excluding carboxylic acids is 2. The number of nitrogens with one attached hydrogen (secondary N) is 1. The molecule has 5 heteroatoms. The van der Waals surface area contributed by atoms with Gasteiger partial charge in [0.15, 0.2) is 6.10 Å². The van der Waals surface area contributed by atoms with E-state index >= 15 is 0 Å². The Bertz CT molecular complexity index is 711. The van der Waals surface area contributed by atoms with Crippen LogP contribution in [-0.4, -0.2) is 24.1 Å². The minimum absolute atomic E-state index is 0.148. The molecule has 1 atom stereocenters. The van der Waals surface area contributed by atoms with Gasteiger partial charge in [-0.15, -0.1) is 0 Å². The number of amides is 1. The minimum atomic E-state index is -0.866. The van der Waals surface area contributed by atoms with E-state index in [2.05, 4.69) is 5.32 Å². The second-order valence-corrected chi connectivity index (χ2v) is 6.31. The Balaban J connectivity index is 1.82. The number of esters is 1. The molecule has 2 rings (SSSR count). The first kappa shape index (κ1) is 19.7. The van der Waals surface area contributed by atoms with Crippen LogP contribution >= 0.6 is 0 Å². The van der Waals surface area contributed by atoms with Crippen molar-refractivity contribution in [3.8, 4) is 0 Å². The molecule has 26 heavy (non-hydrogen) atoms. The number of ether oxygens (including phenoxy) is 2. The normalized spacial score (nSPS) is 11.8. The molecule has 0 aliphatic rings. The first-order valence-corrected chi connectivity index (χ1v) is 8.69. The molecule has 0 fully saturated rings. The van der Waals surface area contributed by atoms with Crippen LogP contribution in [0.1, 0.15) is 42.3 Å². The summed E-state index contributed by atoms with van der Waals surface area (Å²) in [6, 6.07) is 16.5. The molecule has 2 aromatic carbocycles. The van der Waals surface area contributed by atoms with Crippen molar-refractivity contribution in [2.45, 2.75) is 46.1 Å². The molecule has 0 aliphatic carbocycles. The van der Waals surface area contributed by atoms with E-state index in [1.54, 1.807) is 19.1 Å². The van der Waals surface area contributed by atoms with Crippen LogP contribution in [0.4, 0.5) is 0 Å². The third-order valence-corrected chi connectivity index (χ3v) is 3.74. The van der Waals surface area contributed by atoms with E-state index in [1.807, 2.05) is 56.3 Å². The van der Waals surface area contributed by atoms with Crippen molar-refractivity contribution in [3.05, 3.63) is 71.3 Å². The highest BCUT2D eigenvalue weighted by Gasteiger charge is 2.18. The molecule has 0 heterocycles. The van der Waals surface area contributed by atoms with E-state index in [1.165, 1.54) is 0 Å². The van der Waals surface area contributed by atoms with E-state index in [0.717, 1.165) is 11.1 Å². The first-order chi connectivity index (χ1) is 12.5. The zero-order valence-corrected chi connectivity index (χ0v) is 15.4. The summed E-state index contributed by atoms with van der Waals surface area (Å²) in [6.07, 6.45) is -0.718. The van der Waals surface area contributed by atoms with Crippen molar-refractivity contribution in [1.82, 2.24) is 5.32 Å². The number of hydrogen-bond acceptors (Lipinski definition) is 4. The maximum Gasteiger partial charge on any atom is 0.338 e. The molecule has 0 saturated carbocycles. The van der Waals surface area contributed by atoms with E-state index in [0.29, 0.717) is 18.7 Å². The van der Waals surface area contributed by atoms with Gasteiger partial charge in [-0.1, -0.05) is 42.5 Å². The second kappa shape index (κ2) is 9.73. The number of hydrogen-bond donors (Lipinski definition) is 1. The molecule has 5 nitrogen and oxygen atoms in total. The van der Waals surface area contributed by atoms with Crippen molar-refractivity contribution in [3.63, 3.8) is 0 Å². The molecule has 0 bridgehead atoms. The summed E-state index contributed by atoms with van der Waals surface area (Å²) in [5, 5.41) is 2.76. The van der Waals surface area contributed by atoms with Gasteiger partial charge in [-0.25, -0.2) is 4.79 Å². The SMILES string of the molecule is CC(C)OCc1ccc(C(=O)O[C@H](C)C(=O)NCc2ccccc2)cc1. The first-order valence-electron chi connectivity index (χ1n) is 8.69. The number of rotatable bonds is 8. The fraction of sp³-hybridized carbons (Fsp3) is 0.333. The molecule has 2 aromatic rings. The molecule has 0 radical (unpaired) electrons. The average Bonchev–Trinajstić information content (AvgIpc) is 2.65. The Morgan fingerprint density at radius 1 is 0.923 bits per heavy atom. The van der Waals surface area contributed by atoms with E-state index in [9.17, 15) is 9.59 Å². The van der Waals surface area contributed by atoms with Gasteiger partial charge in [0.25, 0.3) is 5.91 Å². The van der Waals surface area contributed by atoms with Crippen LogP contribution in [0.15, 0.2) is 54.6 Å². The lowest BCUT2D eigenvalue weighted by Crippen LogP contribution is -2.35. The summed E-state index contributed by atoms with van der Waals surface area (Å²) in [4.78, 5) is 24.3. The second-order valence-electron chi connectivity index (χ2n) is 6.31. The smallest absolute Gasteiger partial charge is 0.338 e. The highest BCUT2D eigenvalue weighted by molar-refractivity contribution is 5.92. The average molecular weight is 355 g/mol. The lowest BCUT2D eigenvalue weighted by Gasteiger charge is -2.14. The van der Waals surface area contributed by atoms with Crippen LogP contribution in [0.5, 0.6) is 0 Å². The standard InChI is InChI=1S/C21H25NO4/c1-15(2)25-14-18-9-11-19(12-10-18)21(24)26-16(3)20(23)22-13-17-7-5-4-6-8-17/h4-12,15-16H,13-14H2,1-3H3,(H,22,23)/t16-/m1/s1. The topological polar surface area (TPSA) is 64.6 Å². The largest absolute Gasteiger partial charge is 0.449 e. The van der Waals surface area contributed by atoms with Crippen LogP contribution in [0.25, 0.3) is 0 Å². The van der Waals surface area contributed by atoms with Gasteiger partial charge in [-0.05, 0) is 44.0 Å². The van der Waals surface area contributed by atoms with Crippen molar-refractivity contribution >= 4 is 11.9 Å². The molecule has 0 aromatic heterocycles. The van der Waals surface area contributed by atoms with Crippen LogP contribution in [0.3, 0.4) is 0 Å². The van der Waals surface area contributed by atoms with Gasteiger partial charge in [0.05, 0.1) is 18.3 Å². The Kier molecular flexibility index (Phi) is 7.36. The van der Waals surface area contributed by atoms with Gasteiger partial charge in [-0.2, -0.15) is 0 Å². The van der Waals surface area contributed by atoms with Gasteiger partial charge in [0.1, 0.15) is 0 Å². The molecule has 0 aliphatic heterocycles. The van der Waals surface area contributed by atoms with Gasteiger partial charge >= 0.3 is 5.97 Å². The van der Waals surface area contributed by atoms with Gasteiger partial charge in [-0.3, -0.25) is 4.79 Å². The Morgan fingerprint density at radius 3 is 2.19 bits per heavy atom. The fourth-order valence-corrected chi connectivity index (χ4v) is 2.21.